The van der Waals surface area contributed by atoms with Crippen molar-refractivity contribution in [1.29, 1.82) is 0 Å². The highest BCUT2D eigenvalue weighted by Crippen LogP contribution is 2.24. The van der Waals surface area contributed by atoms with Gasteiger partial charge in [0.15, 0.2) is 6.61 Å². The van der Waals surface area contributed by atoms with Gasteiger partial charge >= 0.3 is 5.97 Å². The molecule has 1 rings (SSSR count). The molecule has 5 heteroatoms. The van der Waals surface area contributed by atoms with Crippen LogP contribution in [0.5, 0.6) is 5.75 Å². The van der Waals surface area contributed by atoms with Crippen LogP contribution in [-0.2, 0) is 16.0 Å². The fraction of sp³-hybridized carbons (Fsp3) is 0.417. The standard InChI is InChI=1S/C12H16BrNO3/c1-8(14)5-9-6-10(13)3-4-11(9)17-7-12(15)16-2/h3-4,6,8H,5,7,14H2,1-2H3. The van der Waals surface area contributed by atoms with Crippen molar-refractivity contribution in [3.8, 4) is 5.75 Å². The van der Waals surface area contributed by atoms with Crippen LogP contribution in [-0.4, -0.2) is 25.7 Å². The molecule has 1 unspecified atom stereocenters. The molecule has 0 fully saturated rings. The molecule has 0 aliphatic rings. The number of carbonyl (C=O) groups excluding carboxylic acids is 1. The van der Waals surface area contributed by atoms with E-state index in [1.807, 2.05) is 25.1 Å². The summed E-state index contributed by atoms with van der Waals surface area (Å²) in [5, 5.41) is 0. The Balaban J connectivity index is 2.78. The van der Waals surface area contributed by atoms with Gasteiger partial charge in [0.1, 0.15) is 5.75 Å². The molecule has 0 saturated carbocycles. The van der Waals surface area contributed by atoms with Gasteiger partial charge in [-0.15, -0.1) is 0 Å². The minimum absolute atomic E-state index is 0.0322. The van der Waals surface area contributed by atoms with Crippen LogP contribution in [0.1, 0.15) is 12.5 Å². The second kappa shape index (κ2) is 6.61. The third-order valence-electron chi connectivity index (χ3n) is 2.14. The van der Waals surface area contributed by atoms with Crippen LogP contribution in [0.15, 0.2) is 22.7 Å². The van der Waals surface area contributed by atoms with Crippen LogP contribution in [0.25, 0.3) is 0 Å². The van der Waals surface area contributed by atoms with E-state index in [1.165, 1.54) is 7.11 Å². The zero-order valence-electron chi connectivity index (χ0n) is 9.90. The van der Waals surface area contributed by atoms with Gasteiger partial charge in [-0.25, -0.2) is 4.79 Å². The number of hydrogen-bond acceptors (Lipinski definition) is 4. The highest BCUT2D eigenvalue weighted by atomic mass is 79.9. The molecule has 1 aromatic rings. The molecule has 0 aliphatic carbocycles. The van der Waals surface area contributed by atoms with E-state index >= 15 is 0 Å². The average molecular weight is 302 g/mol. The van der Waals surface area contributed by atoms with E-state index in [9.17, 15) is 4.79 Å². The summed E-state index contributed by atoms with van der Waals surface area (Å²) in [6.45, 7) is 1.83. The molecular weight excluding hydrogens is 286 g/mol. The summed E-state index contributed by atoms with van der Waals surface area (Å²) in [6.07, 6.45) is 0.690. The maximum absolute atomic E-state index is 11.0. The van der Waals surface area contributed by atoms with Gasteiger partial charge < -0.3 is 15.2 Å². The predicted molar refractivity (Wildman–Crippen MR) is 69.0 cm³/mol. The lowest BCUT2D eigenvalue weighted by atomic mass is 10.1. The Morgan fingerprint density at radius 2 is 2.24 bits per heavy atom. The molecule has 94 valence electrons. The molecule has 0 amide bonds. The fourth-order valence-electron chi connectivity index (χ4n) is 1.39. The first-order valence-electron chi connectivity index (χ1n) is 5.26. The van der Waals surface area contributed by atoms with Crippen LogP contribution in [0.4, 0.5) is 0 Å². The maximum Gasteiger partial charge on any atom is 0.343 e. The number of methoxy groups -OCH3 is 1. The minimum Gasteiger partial charge on any atom is -0.482 e. The predicted octanol–water partition coefficient (Wildman–Crippen LogP) is 1.89. The van der Waals surface area contributed by atoms with Gasteiger partial charge in [-0.3, -0.25) is 0 Å². The lowest BCUT2D eigenvalue weighted by molar-refractivity contribution is -0.142. The Morgan fingerprint density at radius 1 is 1.53 bits per heavy atom. The molecular formula is C12H16BrNO3. The van der Waals surface area contributed by atoms with Crippen LogP contribution in [0.3, 0.4) is 0 Å². The van der Waals surface area contributed by atoms with Crippen molar-refractivity contribution in [2.24, 2.45) is 5.73 Å². The molecule has 1 atom stereocenters. The highest BCUT2D eigenvalue weighted by Gasteiger charge is 2.09. The molecule has 0 aromatic heterocycles. The molecule has 0 aliphatic heterocycles. The zero-order valence-corrected chi connectivity index (χ0v) is 11.5. The lowest BCUT2D eigenvalue weighted by Crippen LogP contribution is -2.19. The lowest BCUT2D eigenvalue weighted by Gasteiger charge is -2.12. The molecule has 0 bridgehead atoms. The van der Waals surface area contributed by atoms with Gasteiger partial charge in [0.05, 0.1) is 7.11 Å². The third kappa shape index (κ3) is 4.75. The molecule has 17 heavy (non-hydrogen) atoms. The van der Waals surface area contributed by atoms with Crippen LogP contribution >= 0.6 is 15.9 Å². The smallest absolute Gasteiger partial charge is 0.343 e. The monoisotopic (exact) mass is 301 g/mol. The minimum atomic E-state index is -0.403. The number of carbonyl (C=O) groups is 1. The van der Waals surface area contributed by atoms with E-state index < -0.39 is 5.97 Å². The topological polar surface area (TPSA) is 61.5 Å². The SMILES string of the molecule is COC(=O)COc1ccc(Br)cc1CC(C)N. The van der Waals surface area contributed by atoms with Gasteiger partial charge in [-0.05, 0) is 37.1 Å². The van der Waals surface area contributed by atoms with Crippen molar-refractivity contribution < 1.29 is 14.3 Å². The average Bonchev–Trinajstić information content (AvgIpc) is 2.26. The number of nitrogens with two attached hydrogens (primary N) is 1. The van der Waals surface area contributed by atoms with E-state index in [0.29, 0.717) is 12.2 Å². The van der Waals surface area contributed by atoms with E-state index in [0.717, 1.165) is 10.0 Å². The number of ether oxygens (including phenoxy) is 2. The summed E-state index contributed by atoms with van der Waals surface area (Å²) in [7, 11) is 1.33. The maximum atomic E-state index is 11.0. The number of esters is 1. The van der Waals surface area contributed by atoms with Crippen molar-refractivity contribution in [2.75, 3.05) is 13.7 Å². The van der Waals surface area contributed by atoms with Gasteiger partial charge in [-0.2, -0.15) is 0 Å². The molecule has 4 nitrogen and oxygen atoms in total. The van der Waals surface area contributed by atoms with Gasteiger partial charge in [0.2, 0.25) is 0 Å². The summed E-state index contributed by atoms with van der Waals surface area (Å²) >= 11 is 3.39. The Bertz CT molecular complexity index is 393. The number of benzene rings is 1. The van der Waals surface area contributed by atoms with E-state index in [1.54, 1.807) is 0 Å². The summed E-state index contributed by atoms with van der Waals surface area (Å²) in [5.41, 5.74) is 6.73. The van der Waals surface area contributed by atoms with Crippen molar-refractivity contribution in [2.45, 2.75) is 19.4 Å². The van der Waals surface area contributed by atoms with Crippen molar-refractivity contribution in [3.05, 3.63) is 28.2 Å². The number of rotatable bonds is 5. The second-order valence-electron chi connectivity index (χ2n) is 3.80. The Morgan fingerprint density at radius 3 is 2.82 bits per heavy atom. The van der Waals surface area contributed by atoms with Crippen LogP contribution in [0.2, 0.25) is 0 Å². The fourth-order valence-corrected chi connectivity index (χ4v) is 1.80. The first-order valence-corrected chi connectivity index (χ1v) is 6.06. The van der Waals surface area contributed by atoms with Gasteiger partial charge in [0.25, 0.3) is 0 Å². The third-order valence-corrected chi connectivity index (χ3v) is 2.63. The van der Waals surface area contributed by atoms with E-state index in [-0.39, 0.29) is 12.6 Å². The van der Waals surface area contributed by atoms with Gasteiger partial charge in [-0.1, -0.05) is 15.9 Å². The zero-order chi connectivity index (χ0) is 12.8. The molecule has 2 N–H and O–H groups in total. The van der Waals surface area contributed by atoms with E-state index in [2.05, 4.69) is 20.7 Å². The number of halogens is 1. The van der Waals surface area contributed by atoms with Crippen LogP contribution < -0.4 is 10.5 Å². The summed E-state index contributed by atoms with van der Waals surface area (Å²) in [5.74, 6) is 0.260. The van der Waals surface area contributed by atoms with Gasteiger partial charge in [0, 0.05) is 10.5 Å². The first kappa shape index (κ1) is 14.0. The summed E-state index contributed by atoms with van der Waals surface area (Å²) in [6, 6.07) is 5.64. The molecule has 0 saturated heterocycles. The Hall–Kier alpha value is -1.07. The number of hydrogen-bond donors (Lipinski definition) is 1. The highest BCUT2D eigenvalue weighted by molar-refractivity contribution is 9.10. The quantitative estimate of drug-likeness (QED) is 0.844. The Labute approximate surface area is 109 Å². The van der Waals surface area contributed by atoms with E-state index in [4.69, 9.17) is 10.5 Å². The second-order valence-corrected chi connectivity index (χ2v) is 4.71. The normalized spacial score (nSPS) is 12.0. The molecule has 0 spiro atoms. The first-order chi connectivity index (χ1) is 8.02. The van der Waals surface area contributed by atoms with Crippen molar-refractivity contribution in [1.82, 2.24) is 0 Å². The summed E-state index contributed by atoms with van der Waals surface area (Å²) in [4.78, 5) is 11.0. The molecule has 1 aromatic carbocycles. The van der Waals surface area contributed by atoms with Crippen molar-refractivity contribution in [3.63, 3.8) is 0 Å². The summed E-state index contributed by atoms with van der Waals surface area (Å²) < 4.78 is 10.9. The van der Waals surface area contributed by atoms with Crippen LogP contribution in [0, 0.1) is 0 Å². The molecule has 0 heterocycles. The van der Waals surface area contributed by atoms with Crippen molar-refractivity contribution >= 4 is 21.9 Å². The Kier molecular flexibility index (Phi) is 5.44. The molecule has 0 radical (unpaired) electrons. The largest absolute Gasteiger partial charge is 0.482 e.